The molecule has 1 fully saturated rings. The van der Waals surface area contributed by atoms with Crippen LogP contribution in [-0.2, 0) is 16.6 Å². The third-order valence-corrected chi connectivity index (χ3v) is 5.99. The number of sulfonamides is 1. The molecule has 0 heterocycles. The molecule has 20 heavy (non-hydrogen) atoms. The molecule has 4 nitrogen and oxygen atoms in total. The minimum absolute atomic E-state index is 0.270. The van der Waals surface area contributed by atoms with Gasteiger partial charge in [-0.1, -0.05) is 19.9 Å². The molecule has 3 N–H and O–H groups in total. The highest BCUT2D eigenvalue weighted by Gasteiger charge is 2.45. The lowest BCUT2D eigenvalue weighted by molar-refractivity contribution is 0.537. The van der Waals surface area contributed by atoms with E-state index in [0.717, 1.165) is 23.1 Å². The quantitative estimate of drug-likeness (QED) is 0.874. The van der Waals surface area contributed by atoms with Gasteiger partial charge in [0.1, 0.15) is 0 Å². The highest BCUT2D eigenvalue weighted by Crippen LogP contribution is 2.51. The van der Waals surface area contributed by atoms with Crippen molar-refractivity contribution in [1.82, 2.24) is 4.72 Å². The van der Waals surface area contributed by atoms with Crippen LogP contribution in [0, 0.1) is 25.2 Å². The Kier molecular flexibility index (Phi) is 3.97. The summed E-state index contributed by atoms with van der Waals surface area (Å²) in [5.41, 5.74) is 8.51. The Hall–Kier alpha value is -0.910. The molecule has 1 saturated carbocycles. The van der Waals surface area contributed by atoms with Gasteiger partial charge >= 0.3 is 0 Å². The highest BCUT2D eigenvalue weighted by molar-refractivity contribution is 7.89. The van der Waals surface area contributed by atoms with Crippen molar-refractivity contribution >= 4 is 10.0 Å². The van der Waals surface area contributed by atoms with Crippen molar-refractivity contribution in [2.24, 2.45) is 17.1 Å². The summed E-state index contributed by atoms with van der Waals surface area (Å²) < 4.78 is 27.7. The summed E-state index contributed by atoms with van der Waals surface area (Å²) in [5.74, 6) is 0.441. The summed E-state index contributed by atoms with van der Waals surface area (Å²) in [6, 6.07) is 3.63. The van der Waals surface area contributed by atoms with Gasteiger partial charge in [-0.3, -0.25) is 0 Å². The van der Waals surface area contributed by atoms with Crippen LogP contribution in [0.4, 0.5) is 0 Å². The van der Waals surface area contributed by atoms with E-state index in [0.29, 0.717) is 23.9 Å². The van der Waals surface area contributed by atoms with Gasteiger partial charge in [-0.05, 0) is 54.4 Å². The molecule has 1 aromatic carbocycles. The first-order valence-electron chi connectivity index (χ1n) is 6.97. The molecule has 0 amide bonds. The van der Waals surface area contributed by atoms with Gasteiger partial charge in [0.25, 0.3) is 0 Å². The molecule has 1 aliphatic carbocycles. The number of rotatable bonds is 5. The Morgan fingerprint density at radius 2 is 1.95 bits per heavy atom. The molecule has 0 bridgehead atoms. The van der Waals surface area contributed by atoms with Crippen molar-refractivity contribution in [3.05, 3.63) is 28.8 Å². The van der Waals surface area contributed by atoms with Crippen molar-refractivity contribution in [3.8, 4) is 0 Å². The predicted octanol–water partition coefficient (Wildman–Crippen LogP) is 2.09. The summed E-state index contributed by atoms with van der Waals surface area (Å²) in [7, 11) is -3.46. The average molecular weight is 296 g/mol. The lowest BCUT2D eigenvalue weighted by Crippen LogP contribution is -2.27. The monoisotopic (exact) mass is 296 g/mol. The van der Waals surface area contributed by atoms with Crippen molar-refractivity contribution in [2.45, 2.75) is 45.6 Å². The molecule has 0 aromatic heterocycles. The zero-order valence-corrected chi connectivity index (χ0v) is 13.5. The Balaban J connectivity index is 2.23. The zero-order chi connectivity index (χ0) is 15.1. The molecule has 1 aromatic rings. The standard InChI is InChI=1S/C15H24N2O2S/c1-10-5-12(8-16)6-14(11(10)2)20(18,19)17-9-13-7-15(13,3)4/h5-6,13,17H,7-9,16H2,1-4H3. The van der Waals surface area contributed by atoms with E-state index < -0.39 is 10.0 Å². The van der Waals surface area contributed by atoms with E-state index in [4.69, 9.17) is 5.73 Å². The van der Waals surface area contributed by atoms with Gasteiger partial charge in [0.2, 0.25) is 10.0 Å². The molecule has 1 unspecified atom stereocenters. The number of hydrogen-bond acceptors (Lipinski definition) is 3. The van der Waals surface area contributed by atoms with Crippen LogP contribution in [0.3, 0.4) is 0 Å². The van der Waals surface area contributed by atoms with Gasteiger partial charge in [-0.2, -0.15) is 0 Å². The third kappa shape index (κ3) is 3.05. The molecular weight excluding hydrogens is 272 g/mol. The summed E-state index contributed by atoms with van der Waals surface area (Å²) in [5, 5.41) is 0. The van der Waals surface area contributed by atoms with Crippen LogP contribution in [0.15, 0.2) is 17.0 Å². The zero-order valence-electron chi connectivity index (χ0n) is 12.7. The van der Waals surface area contributed by atoms with Gasteiger partial charge in [0, 0.05) is 13.1 Å². The van der Waals surface area contributed by atoms with Crippen molar-refractivity contribution in [1.29, 1.82) is 0 Å². The fourth-order valence-corrected chi connectivity index (χ4v) is 3.96. The first kappa shape index (κ1) is 15.5. The molecule has 1 atom stereocenters. The van der Waals surface area contributed by atoms with Crippen molar-refractivity contribution < 1.29 is 8.42 Å². The SMILES string of the molecule is Cc1cc(CN)cc(S(=O)(=O)NCC2CC2(C)C)c1C. The third-order valence-electron chi connectivity index (χ3n) is 4.44. The fraction of sp³-hybridized carbons (Fsp3) is 0.600. The van der Waals surface area contributed by atoms with E-state index in [2.05, 4.69) is 18.6 Å². The topological polar surface area (TPSA) is 72.2 Å². The van der Waals surface area contributed by atoms with E-state index in [-0.39, 0.29) is 5.41 Å². The second-order valence-electron chi connectivity index (χ2n) is 6.48. The molecule has 0 saturated heterocycles. The van der Waals surface area contributed by atoms with Gasteiger partial charge in [0.15, 0.2) is 0 Å². The lowest BCUT2D eigenvalue weighted by Gasteiger charge is -2.13. The molecule has 0 spiro atoms. The lowest BCUT2D eigenvalue weighted by atomic mass is 10.1. The summed E-state index contributed by atoms with van der Waals surface area (Å²) in [6.45, 7) is 8.94. The van der Waals surface area contributed by atoms with Crippen molar-refractivity contribution in [2.75, 3.05) is 6.54 Å². The van der Waals surface area contributed by atoms with Gasteiger partial charge in [0.05, 0.1) is 4.90 Å². The molecular formula is C15H24N2O2S. The Morgan fingerprint density at radius 3 is 2.45 bits per heavy atom. The first-order chi connectivity index (χ1) is 9.17. The first-order valence-corrected chi connectivity index (χ1v) is 8.45. The minimum atomic E-state index is -3.46. The van der Waals surface area contributed by atoms with E-state index in [1.54, 1.807) is 6.07 Å². The van der Waals surface area contributed by atoms with E-state index in [1.165, 1.54) is 0 Å². The fourth-order valence-electron chi connectivity index (χ4n) is 2.51. The Labute approximate surface area is 121 Å². The number of aryl methyl sites for hydroxylation is 1. The van der Waals surface area contributed by atoms with Crippen molar-refractivity contribution in [3.63, 3.8) is 0 Å². The van der Waals surface area contributed by atoms with Gasteiger partial charge in [-0.25, -0.2) is 13.1 Å². The number of nitrogens with one attached hydrogen (secondary N) is 1. The Bertz CT molecular complexity index is 621. The van der Waals surface area contributed by atoms with Crippen LogP contribution in [0.25, 0.3) is 0 Å². The molecule has 1 aliphatic rings. The van der Waals surface area contributed by atoms with Crippen LogP contribution < -0.4 is 10.5 Å². The maximum Gasteiger partial charge on any atom is 0.240 e. The molecule has 112 valence electrons. The molecule has 2 rings (SSSR count). The predicted molar refractivity (Wildman–Crippen MR) is 80.9 cm³/mol. The van der Waals surface area contributed by atoms with Gasteiger partial charge < -0.3 is 5.73 Å². The second-order valence-corrected chi connectivity index (χ2v) is 8.22. The maximum absolute atomic E-state index is 12.5. The Morgan fingerprint density at radius 1 is 1.35 bits per heavy atom. The number of nitrogens with two attached hydrogens (primary N) is 1. The average Bonchev–Trinajstić information content (AvgIpc) is 2.98. The van der Waals surface area contributed by atoms with Crippen LogP contribution in [0.5, 0.6) is 0 Å². The van der Waals surface area contributed by atoms with Crippen LogP contribution in [-0.4, -0.2) is 15.0 Å². The number of benzene rings is 1. The number of hydrogen-bond donors (Lipinski definition) is 2. The smallest absolute Gasteiger partial charge is 0.240 e. The molecule has 5 heteroatoms. The summed E-state index contributed by atoms with van der Waals surface area (Å²) >= 11 is 0. The van der Waals surface area contributed by atoms with E-state index in [1.807, 2.05) is 19.9 Å². The summed E-state index contributed by atoms with van der Waals surface area (Å²) in [6.07, 6.45) is 1.08. The van der Waals surface area contributed by atoms with Crippen LogP contribution in [0.1, 0.15) is 37.0 Å². The molecule has 0 aliphatic heterocycles. The molecule has 0 radical (unpaired) electrons. The normalized spacial score (nSPS) is 20.9. The second kappa shape index (κ2) is 5.13. The minimum Gasteiger partial charge on any atom is -0.326 e. The summed E-state index contributed by atoms with van der Waals surface area (Å²) in [4.78, 5) is 0.358. The largest absolute Gasteiger partial charge is 0.326 e. The van der Waals surface area contributed by atoms with E-state index in [9.17, 15) is 8.42 Å². The highest BCUT2D eigenvalue weighted by atomic mass is 32.2. The van der Waals surface area contributed by atoms with Gasteiger partial charge in [-0.15, -0.1) is 0 Å². The van der Waals surface area contributed by atoms with Crippen LogP contribution in [0.2, 0.25) is 0 Å². The maximum atomic E-state index is 12.5. The van der Waals surface area contributed by atoms with Crippen LogP contribution >= 0.6 is 0 Å². The van der Waals surface area contributed by atoms with E-state index >= 15 is 0 Å².